The first kappa shape index (κ1) is 14.4. The normalized spacial score (nSPS) is 10.1. The Morgan fingerprint density at radius 3 is 2.25 bits per heavy atom. The van der Waals surface area contributed by atoms with Crippen LogP contribution in [0.1, 0.15) is 29.9 Å². The molecule has 0 aliphatic rings. The number of carbonyl (C=O) groups is 1. The van der Waals surface area contributed by atoms with Gasteiger partial charge in [-0.05, 0) is 12.1 Å². The molecule has 0 fully saturated rings. The number of hydrogen-bond donors (Lipinski definition) is 2. The van der Waals surface area contributed by atoms with Crippen LogP contribution in [0.2, 0.25) is 0 Å². The largest absolute Gasteiger partial charge is 0.417 e. The Morgan fingerprint density at radius 1 is 1.38 bits per heavy atom. The molecule has 0 radical (unpaired) electrons. The fourth-order valence-electron chi connectivity index (χ4n) is 0.770. The Bertz CT molecular complexity index is 335. The van der Waals surface area contributed by atoms with Gasteiger partial charge >= 0.3 is 6.18 Å². The summed E-state index contributed by atoms with van der Waals surface area (Å²) in [6.07, 6.45) is -3.88. The lowest BCUT2D eigenvalue weighted by molar-refractivity contribution is -0.137. The van der Waals surface area contributed by atoms with Crippen LogP contribution in [0.4, 0.5) is 13.2 Å². The molecule has 0 saturated heterocycles. The summed E-state index contributed by atoms with van der Waals surface area (Å²) in [5, 5.41) is 0. The average molecular weight is 235 g/mol. The zero-order valence-corrected chi connectivity index (χ0v) is 8.80. The van der Waals surface area contributed by atoms with Gasteiger partial charge in [-0.1, -0.05) is 13.8 Å². The van der Waals surface area contributed by atoms with E-state index in [4.69, 9.17) is 5.84 Å². The summed E-state index contributed by atoms with van der Waals surface area (Å²) in [6.45, 7) is 4.00. The summed E-state index contributed by atoms with van der Waals surface area (Å²) in [7, 11) is 0. The summed E-state index contributed by atoms with van der Waals surface area (Å²) < 4.78 is 36.1. The molecule has 1 rings (SSSR count). The molecule has 1 heterocycles. The van der Waals surface area contributed by atoms with Crippen molar-refractivity contribution in [3.05, 3.63) is 29.6 Å². The van der Waals surface area contributed by atoms with E-state index in [1.54, 1.807) is 5.43 Å². The second-order valence-corrected chi connectivity index (χ2v) is 2.40. The van der Waals surface area contributed by atoms with E-state index in [1.165, 1.54) is 0 Å². The monoisotopic (exact) mass is 235 g/mol. The van der Waals surface area contributed by atoms with E-state index in [0.29, 0.717) is 6.20 Å². The van der Waals surface area contributed by atoms with Gasteiger partial charge in [-0.3, -0.25) is 15.2 Å². The predicted molar refractivity (Wildman–Crippen MR) is 52.2 cm³/mol. The zero-order valence-electron chi connectivity index (χ0n) is 8.80. The van der Waals surface area contributed by atoms with Crippen LogP contribution >= 0.6 is 0 Å². The highest BCUT2D eigenvalue weighted by molar-refractivity contribution is 5.91. The number of carbonyl (C=O) groups excluding carboxylic acids is 1. The molecule has 1 amide bonds. The van der Waals surface area contributed by atoms with Gasteiger partial charge in [-0.25, -0.2) is 5.84 Å². The number of amides is 1. The number of hydrogen-bond acceptors (Lipinski definition) is 3. The molecule has 1 aromatic heterocycles. The molecule has 0 aromatic carbocycles. The summed E-state index contributed by atoms with van der Waals surface area (Å²) in [5.41, 5.74) is 0.680. The van der Waals surface area contributed by atoms with Gasteiger partial charge in [0, 0.05) is 6.20 Å². The number of rotatable bonds is 1. The van der Waals surface area contributed by atoms with Crippen LogP contribution in [0, 0.1) is 0 Å². The molecule has 7 heteroatoms. The SMILES string of the molecule is CC.NNC(=O)c1ccc(C(F)(F)F)cn1. The second kappa shape index (κ2) is 6.06. The predicted octanol–water partition coefficient (Wildman–Crippen LogP) is 1.73. The van der Waals surface area contributed by atoms with Gasteiger partial charge in [0.05, 0.1) is 5.56 Å². The van der Waals surface area contributed by atoms with Gasteiger partial charge in [-0.15, -0.1) is 0 Å². The minimum atomic E-state index is -4.45. The molecule has 16 heavy (non-hydrogen) atoms. The zero-order chi connectivity index (χ0) is 12.8. The van der Waals surface area contributed by atoms with Crippen molar-refractivity contribution in [2.24, 2.45) is 5.84 Å². The van der Waals surface area contributed by atoms with Crippen molar-refractivity contribution < 1.29 is 18.0 Å². The number of nitrogens with two attached hydrogens (primary N) is 1. The van der Waals surface area contributed by atoms with E-state index < -0.39 is 17.6 Å². The first-order valence-corrected chi connectivity index (χ1v) is 4.49. The van der Waals surface area contributed by atoms with Gasteiger partial charge < -0.3 is 0 Å². The maximum Gasteiger partial charge on any atom is 0.417 e. The third kappa shape index (κ3) is 3.85. The van der Waals surface area contributed by atoms with Crippen molar-refractivity contribution in [2.75, 3.05) is 0 Å². The van der Waals surface area contributed by atoms with Crippen LogP contribution in [0.5, 0.6) is 0 Å². The Labute approximate surface area is 90.6 Å². The Balaban J connectivity index is 0.00000106. The summed E-state index contributed by atoms with van der Waals surface area (Å²) in [6, 6.07) is 1.71. The molecule has 0 bridgehead atoms. The highest BCUT2D eigenvalue weighted by Crippen LogP contribution is 2.28. The molecule has 0 aliphatic carbocycles. The van der Waals surface area contributed by atoms with Gasteiger partial charge in [-0.2, -0.15) is 13.2 Å². The number of nitrogens with one attached hydrogen (secondary N) is 1. The average Bonchev–Trinajstić information content (AvgIpc) is 2.30. The van der Waals surface area contributed by atoms with Gasteiger partial charge in [0.1, 0.15) is 5.69 Å². The number of nitrogen functional groups attached to an aromatic ring is 1. The smallest absolute Gasteiger partial charge is 0.289 e. The highest BCUT2D eigenvalue weighted by Gasteiger charge is 2.30. The molecular weight excluding hydrogens is 223 g/mol. The number of pyridine rings is 1. The molecule has 0 atom stereocenters. The maximum absolute atomic E-state index is 12.0. The van der Waals surface area contributed by atoms with Gasteiger partial charge in [0.25, 0.3) is 5.91 Å². The lowest BCUT2D eigenvalue weighted by Crippen LogP contribution is -2.30. The Morgan fingerprint density at radius 2 is 1.94 bits per heavy atom. The number of hydrazine groups is 1. The van der Waals surface area contributed by atoms with Crippen molar-refractivity contribution in [3.8, 4) is 0 Å². The van der Waals surface area contributed by atoms with Crippen LogP contribution in [0.3, 0.4) is 0 Å². The van der Waals surface area contributed by atoms with Crippen molar-refractivity contribution in [3.63, 3.8) is 0 Å². The second-order valence-electron chi connectivity index (χ2n) is 2.40. The van der Waals surface area contributed by atoms with E-state index in [9.17, 15) is 18.0 Å². The molecule has 0 saturated carbocycles. The highest BCUT2D eigenvalue weighted by atomic mass is 19.4. The maximum atomic E-state index is 12.0. The van der Waals surface area contributed by atoms with E-state index >= 15 is 0 Å². The quantitative estimate of drug-likeness (QED) is 0.442. The van der Waals surface area contributed by atoms with Crippen LogP contribution < -0.4 is 11.3 Å². The first-order valence-electron chi connectivity index (χ1n) is 4.49. The van der Waals surface area contributed by atoms with Gasteiger partial charge in [0.2, 0.25) is 0 Å². The number of halogens is 3. The van der Waals surface area contributed by atoms with E-state index in [1.807, 2.05) is 13.8 Å². The van der Waals surface area contributed by atoms with Crippen molar-refractivity contribution in [1.29, 1.82) is 0 Å². The Hall–Kier alpha value is -1.63. The van der Waals surface area contributed by atoms with Crippen LogP contribution in [0.15, 0.2) is 18.3 Å². The minimum absolute atomic E-state index is 0.166. The van der Waals surface area contributed by atoms with E-state index in [2.05, 4.69) is 4.98 Å². The lowest BCUT2D eigenvalue weighted by atomic mass is 10.2. The molecule has 3 N–H and O–H groups in total. The van der Waals surface area contributed by atoms with Crippen LogP contribution in [0.25, 0.3) is 0 Å². The summed E-state index contributed by atoms with van der Waals surface area (Å²) >= 11 is 0. The van der Waals surface area contributed by atoms with Crippen molar-refractivity contribution in [1.82, 2.24) is 10.4 Å². The Kier molecular flexibility index (Phi) is 5.44. The van der Waals surface area contributed by atoms with E-state index in [0.717, 1.165) is 12.1 Å². The van der Waals surface area contributed by atoms with Crippen LogP contribution in [-0.4, -0.2) is 10.9 Å². The third-order valence-electron chi connectivity index (χ3n) is 1.45. The first-order chi connectivity index (χ1) is 7.45. The van der Waals surface area contributed by atoms with Crippen molar-refractivity contribution >= 4 is 5.91 Å². The molecule has 4 nitrogen and oxygen atoms in total. The molecular formula is C9H12F3N3O. The standard InChI is InChI=1S/C7H6F3N3O.C2H6/c8-7(9,10)4-1-2-5(12-3-4)6(14)13-11;1-2/h1-3H,11H2,(H,13,14);1-2H3. The van der Waals surface area contributed by atoms with Crippen molar-refractivity contribution in [2.45, 2.75) is 20.0 Å². The van der Waals surface area contributed by atoms with Crippen LogP contribution in [-0.2, 0) is 6.18 Å². The fourth-order valence-corrected chi connectivity index (χ4v) is 0.770. The molecule has 0 spiro atoms. The fraction of sp³-hybridized carbons (Fsp3) is 0.333. The molecule has 90 valence electrons. The number of aromatic nitrogens is 1. The van der Waals surface area contributed by atoms with E-state index in [-0.39, 0.29) is 5.69 Å². The third-order valence-corrected chi connectivity index (χ3v) is 1.45. The molecule has 0 aliphatic heterocycles. The molecule has 1 aromatic rings. The number of alkyl halides is 3. The number of nitrogens with zero attached hydrogens (tertiary/aromatic N) is 1. The topological polar surface area (TPSA) is 68.0 Å². The molecule has 0 unspecified atom stereocenters. The lowest BCUT2D eigenvalue weighted by Gasteiger charge is -2.05. The summed E-state index contributed by atoms with van der Waals surface area (Å²) in [4.78, 5) is 14.1. The summed E-state index contributed by atoms with van der Waals surface area (Å²) in [5.74, 6) is 4.03. The van der Waals surface area contributed by atoms with Gasteiger partial charge in [0.15, 0.2) is 0 Å². The minimum Gasteiger partial charge on any atom is -0.289 e.